The fourth-order valence-corrected chi connectivity index (χ4v) is 1.45. The minimum Gasteiger partial charge on any atom is -0.481 e. The van der Waals surface area contributed by atoms with Crippen molar-refractivity contribution in [3.63, 3.8) is 0 Å². The summed E-state index contributed by atoms with van der Waals surface area (Å²) in [5, 5.41) is 3.08. The fraction of sp³-hybridized carbons (Fsp3) is 0.167. The van der Waals surface area contributed by atoms with Crippen LogP contribution in [0.3, 0.4) is 0 Å². The number of hydrogen-bond acceptors (Lipinski definition) is 5. The molecule has 5 nitrogen and oxygen atoms in total. The molecule has 0 atom stereocenters. The van der Waals surface area contributed by atoms with Gasteiger partial charge in [0.15, 0.2) is 0 Å². The lowest BCUT2D eigenvalue weighted by atomic mass is 10.3. The number of nitrogens with one attached hydrogen (secondary N) is 1. The van der Waals surface area contributed by atoms with Gasteiger partial charge in [0.25, 0.3) is 0 Å². The molecular formula is C12H14N4O. The Bertz CT molecular complexity index is 528. The molecule has 3 N–H and O–H groups in total. The van der Waals surface area contributed by atoms with Gasteiger partial charge in [0.05, 0.1) is 7.11 Å². The summed E-state index contributed by atoms with van der Waals surface area (Å²) in [4.78, 5) is 8.46. The highest BCUT2D eigenvalue weighted by Crippen LogP contribution is 2.18. The molecule has 0 aliphatic heterocycles. The third kappa shape index (κ3) is 2.84. The largest absolute Gasteiger partial charge is 0.481 e. The van der Waals surface area contributed by atoms with Crippen molar-refractivity contribution in [1.29, 1.82) is 0 Å². The van der Waals surface area contributed by atoms with Crippen LogP contribution in [0, 0.1) is 6.92 Å². The Balaban J connectivity index is 2.26. The Morgan fingerprint density at radius 1 is 1.24 bits per heavy atom. The van der Waals surface area contributed by atoms with Crippen molar-refractivity contribution in [3.8, 4) is 5.88 Å². The average molecular weight is 230 g/mol. The summed E-state index contributed by atoms with van der Waals surface area (Å²) in [5.41, 5.74) is 8.06. The zero-order valence-corrected chi connectivity index (χ0v) is 9.77. The van der Waals surface area contributed by atoms with Gasteiger partial charge < -0.3 is 15.8 Å². The first-order valence-electron chi connectivity index (χ1n) is 5.19. The SMILES string of the molecule is COc1cc(C)nc(Nc2cccc(N)c2)n1. The van der Waals surface area contributed by atoms with E-state index in [9.17, 15) is 0 Å². The number of anilines is 3. The quantitative estimate of drug-likeness (QED) is 0.790. The first kappa shape index (κ1) is 11.2. The van der Waals surface area contributed by atoms with Crippen LogP contribution in [0.4, 0.5) is 17.3 Å². The third-order valence-electron chi connectivity index (χ3n) is 2.18. The number of benzene rings is 1. The van der Waals surface area contributed by atoms with E-state index in [4.69, 9.17) is 10.5 Å². The maximum atomic E-state index is 5.69. The Morgan fingerprint density at radius 2 is 2.06 bits per heavy atom. The molecule has 0 fully saturated rings. The summed E-state index contributed by atoms with van der Waals surface area (Å²) in [6.45, 7) is 1.88. The normalized spacial score (nSPS) is 10.0. The van der Waals surface area contributed by atoms with Gasteiger partial charge in [0.2, 0.25) is 11.8 Å². The lowest BCUT2D eigenvalue weighted by Crippen LogP contribution is -2.00. The molecule has 0 aliphatic carbocycles. The molecule has 0 aliphatic rings. The van der Waals surface area contributed by atoms with E-state index in [2.05, 4.69) is 15.3 Å². The fourth-order valence-electron chi connectivity index (χ4n) is 1.45. The van der Waals surface area contributed by atoms with Crippen LogP contribution in [0.1, 0.15) is 5.69 Å². The minimum atomic E-state index is 0.493. The van der Waals surface area contributed by atoms with Crippen LogP contribution in [0.15, 0.2) is 30.3 Å². The van der Waals surface area contributed by atoms with Crippen LogP contribution in [0.5, 0.6) is 5.88 Å². The highest BCUT2D eigenvalue weighted by molar-refractivity contribution is 5.59. The van der Waals surface area contributed by atoms with Gasteiger partial charge >= 0.3 is 0 Å². The molecule has 1 aromatic carbocycles. The minimum absolute atomic E-state index is 0.493. The molecule has 0 bridgehead atoms. The van der Waals surface area contributed by atoms with Crippen LogP contribution in [-0.2, 0) is 0 Å². The van der Waals surface area contributed by atoms with E-state index in [0.29, 0.717) is 17.5 Å². The highest BCUT2D eigenvalue weighted by Gasteiger charge is 2.02. The molecule has 0 saturated heterocycles. The van der Waals surface area contributed by atoms with Gasteiger partial charge in [-0.05, 0) is 25.1 Å². The summed E-state index contributed by atoms with van der Waals surface area (Å²) >= 11 is 0. The molecule has 1 aromatic heterocycles. The molecule has 0 saturated carbocycles. The van der Waals surface area contributed by atoms with Crippen molar-refractivity contribution in [2.45, 2.75) is 6.92 Å². The summed E-state index contributed by atoms with van der Waals surface area (Å²) in [5.74, 6) is 1.02. The molecule has 88 valence electrons. The maximum Gasteiger partial charge on any atom is 0.230 e. The molecule has 5 heteroatoms. The Kier molecular flexibility index (Phi) is 3.09. The van der Waals surface area contributed by atoms with Crippen molar-refractivity contribution in [2.24, 2.45) is 0 Å². The Hall–Kier alpha value is -2.30. The number of methoxy groups -OCH3 is 1. The number of hydrogen-bond donors (Lipinski definition) is 2. The Labute approximate surface area is 99.7 Å². The molecule has 0 unspecified atom stereocenters. The number of nitrogen functional groups attached to an aromatic ring is 1. The molecule has 0 amide bonds. The summed E-state index contributed by atoms with van der Waals surface area (Å²) < 4.78 is 5.08. The smallest absolute Gasteiger partial charge is 0.230 e. The summed E-state index contributed by atoms with van der Waals surface area (Å²) in [6.07, 6.45) is 0. The summed E-state index contributed by atoms with van der Waals surface area (Å²) in [6, 6.07) is 9.17. The zero-order valence-electron chi connectivity index (χ0n) is 9.77. The second-order valence-corrected chi connectivity index (χ2v) is 3.63. The van der Waals surface area contributed by atoms with Crippen molar-refractivity contribution in [2.75, 3.05) is 18.2 Å². The standard InChI is InChI=1S/C12H14N4O/c1-8-6-11(17-2)16-12(14-8)15-10-5-3-4-9(13)7-10/h3-7H,13H2,1-2H3,(H,14,15,16). The van der Waals surface area contributed by atoms with Gasteiger partial charge in [0, 0.05) is 23.1 Å². The molecule has 1 heterocycles. The van der Waals surface area contributed by atoms with Crippen LogP contribution in [-0.4, -0.2) is 17.1 Å². The van der Waals surface area contributed by atoms with Gasteiger partial charge in [-0.2, -0.15) is 4.98 Å². The third-order valence-corrected chi connectivity index (χ3v) is 2.18. The molecule has 2 aromatic rings. The van der Waals surface area contributed by atoms with E-state index in [1.54, 1.807) is 13.2 Å². The second kappa shape index (κ2) is 4.69. The van der Waals surface area contributed by atoms with Crippen LogP contribution < -0.4 is 15.8 Å². The lowest BCUT2D eigenvalue weighted by Gasteiger charge is -2.07. The van der Waals surface area contributed by atoms with E-state index >= 15 is 0 Å². The zero-order chi connectivity index (χ0) is 12.3. The van der Waals surface area contributed by atoms with Crippen LogP contribution in [0.25, 0.3) is 0 Å². The number of aromatic nitrogens is 2. The van der Waals surface area contributed by atoms with Gasteiger partial charge in [-0.1, -0.05) is 6.07 Å². The monoisotopic (exact) mass is 230 g/mol. The first-order chi connectivity index (χ1) is 8.17. The topological polar surface area (TPSA) is 73.1 Å². The predicted molar refractivity (Wildman–Crippen MR) is 67.5 cm³/mol. The van der Waals surface area contributed by atoms with E-state index in [1.807, 2.05) is 31.2 Å². The maximum absolute atomic E-state index is 5.69. The highest BCUT2D eigenvalue weighted by atomic mass is 16.5. The van der Waals surface area contributed by atoms with Gasteiger partial charge in [-0.25, -0.2) is 4.98 Å². The van der Waals surface area contributed by atoms with Crippen molar-refractivity contribution in [3.05, 3.63) is 36.0 Å². The number of ether oxygens (including phenoxy) is 1. The molecule has 0 radical (unpaired) electrons. The van der Waals surface area contributed by atoms with E-state index in [0.717, 1.165) is 11.4 Å². The Morgan fingerprint density at radius 3 is 2.76 bits per heavy atom. The second-order valence-electron chi connectivity index (χ2n) is 3.63. The van der Waals surface area contributed by atoms with Crippen LogP contribution >= 0.6 is 0 Å². The van der Waals surface area contributed by atoms with E-state index in [-0.39, 0.29) is 0 Å². The van der Waals surface area contributed by atoms with E-state index < -0.39 is 0 Å². The molecular weight excluding hydrogens is 216 g/mol. The average Bonchev–Trinajstić information content (AvgIpc) is 2.28. The molecule has 2 rings (SSSR count). The van der Waals surface area contributed by atoms with Gasteiger partial charge in [-0.3, -0.25) is 0 Å². The predicted octanol–water partition coefficient (Wildman–Crippen LogP) is 2.12. The van der Waals surface area contributed by atoms with Gasteiger partial charge in [0.1, 0.15) is 0 Å². The number of nitrogens with two attached hydrogens (primary N) is 1. The number of rotatable bonds is 3. The number of aryl methyl sites for hydroxylation is 1. The first-order valence-corrected chi connectivity index (χ1v) is 5.19. The van der Waals surface area contributed by atoms with E-state index in [1.165, 1.54) is 0 Å². The van der Waals surface area contributed by atoms with Gasteiger partial charge in [-0.15, -0.1) is 0 Å². The summed E-state index contributed by atoms with van der Waals surface area (Å²) in [7, 11) is 1.58. The van der Waals surface area contributed by atoms with Crippen LogP contribution in [0.2, 0.25) is 0 Å². The molecule has 17 heavy (non-hydrogen) atoms. The van der Waals surface area contributed by atoms with Crippen molar-refractivity contribution >= 4 is 17.3 Å². The van der Waals surface area contributed by atoms with Crippen molar-refractivity contribution < 1.29 is 4.74 Å². The molecule has 0 spiro atoms. The number of nitrogens with zero attached hydrogens (tertiary/aromatic N) is 2. The lowest BCUT2D eigenvalue weighted by molar-refractivity contribution is 0.397. The van der Waals surface area contributed by atoms with Crippen molar-refractivity contribution in [1.82, 2.24) is 9.97 Å².